The van der Waals surface area contributed by atoms with Gasteiger partial charge in [-0.05, 0) is 37.2 Å². The molecule has 25 heavy (non-hydrogen) atoms. The van der Waals surface area contributed by atoms with Crippen LogP contribution in [0.2, 0.25) is 5.02 Å². The number of hydrogen-bond donors (Lipinski definition) is 3. The van der Waals surface area contributed by atoms with Crippen molar-refractivity contribution < 1.29 is 4.79 Å². The second-order valence-corrected chi connectivity index (χ2v) is 6.45. The molecule has 1 aromatic carbocycles. The number of aromatic amines is 1. The predicted octanol–water partition coefficient (Wildman–Crippen LogP) is 2.01. The lowest BCUT2D eigenvalue weighted by atomic mass is 10.0. The van der Waals surface area contributed by atoms with Gasteiger partial charge in [-0.15, -0.1) is 0 Å². The highest BCUT2D eigenvalue weighted by Crippen LogP contribution is 2.21. The average Bonchev–Trinajstić information content (AvgIpc) is 3.26. The summed E-state index contributed by atoms with van der Waals surface area (Å²) in [5.41, 5.74) is 1.76. The summed E-state index contributed by atoms with van der Waals surface area (Å²) in [5, 5.41) is 9.43. The Kier molecular flexibility index (Phi) is 4.03. The monoisotopic (exact) mass is 357 g/mol. The standard InChI is InChI=1S/C17H16ClN5O2/c18-11-1-3-12(4-2-11)21-17(25)13-9-20-23-15(24)7-14(22-16(13)23)10-5-6-19-8-10/h1-4,7,9-10,19-20H,5-6,8H2,(H,21,25)/t10-/m0/s1. The van der Waals surface area contributed by atoms with Crippen LogP contribution in [0.5, 0.6) is 0 Å². The number of hydrogen-bond acceptors (Lipinski definition) is 4. The van der Waals surface area contributed by atoms with Gasteiger partial charge in [0.15, 0.2) is 5.65 Å². The molecule has 0 radical (unpaired) electrons. The first kappa shape index (κ1) is 15.9. The molecule has 2 aromatic heterocycles. The van der Waals surface area contributed by atoms with Gasteiger partial charge in [-0.25, -0.2) is 9.50 Å². The van der Waals surface area contributed by atoms with Crippen LogP contribution in [-0.2, 0) is 0 Å². The summed E-state index contributed by atoms with van der Waals surface area (Å²) >= 11 is 5.85. The van der Waals surface area contributed by atoms with Crippen molar-refractivity contribution >= 4 is 28.8 Å². The van der Waals surface area contributed by atoms with Gasteiger partial charge < -0.3 is 10.6 Å². The Morgan fingerprint density at radius 2 is 2.12 bits per heavy atom. The Labute approximate surface area is 148 Å². The molecular weight excluding hydrogens is 342 g/mol. The van der Waals surface area contributed by atoms with Gasteiger partial charge in [0, 0.05) is 35.4 Å². The summed E-state index contributed by atoms with van der Waals surface area (Å²) < 4.78 is 1.28. The van der Waals surface area contributed by atoms with Crippen molar-refractivity contribution in [2.24, 2.45) is 0 Å². The van der Waals surface area contributed by atoms with Crippen LogP contribution in [0.3, 0.4) is 0 Å². The topological polar surface area (TPSA) is 91.3 Å². The van der Waals surface area contributed by atoms with Crippen LogP contribution < -0.4 is 16.2 Å². The molecule has 1 aliphatic rings. The Bertz CT molecular complexity index is 986. The van der Waals surface area contributed by atoms with Gasteiger partial charge in [-0.3, -0.25) is 14.7 Å². The van der Waals surface area contributed by atoms with E-state index < -0.39 is 0 Å². The van der Waals surface area contributed by atoms with Gasteiger partial charge in [-0.1, -0.05) is 11.6 Å². The number of rotatable bonds is 3. The van der Waals surface area contributed by atoms with Crippen LogP contribution in [0.25, 0.3) is 5.65 Å². The van der Waals surface area contributed by atoms with E-state index in [-0.39, 0.29) is 17.4 Å². The van der Waals surface area contributed by atoms with Gasteiger partial charge in [-0.2, -0.15) is 0 Å². The van der Waals surface area contributed by atoms with Gasteiger partial charge in [0.2, 0.25) is 0 Å². The molecule has 128 valence electrons. The number of aromatic nitrogens is 3. The van der Waals surface area contributed by atoms with E-state index in [1.807, 2.05) is 0 Å². The molecule has 4 rings (SSSR count). The number of carbonyl (C=O) groups excluding carboxylic acids is 1. The largest absolute Gasteiger partial charge is 0.322 e. The zero-order valence-electron chi connectivity index (χ0n) is 13.3. The second kappa shape index (κ2) is 6.34. The SMILES string of the molecule is O=C(Nc1ccc(Cl)cc1)c1c[nH]n2c(=O)cc([C@H]3CCNC3)nc12. The van der Waals surface area contributed by atoms with E-state index in [2.05, 4.69) is 20.7 Å². The highest BCUT2D eigenvalue weighted by molar-refractivity contribution is 6.30. The third kappa shape index (κ3) is 3.04. The lowest BCUT2D eigenvalue weighted by molar-refractivity contribution is 0.102. The number of fused-ring (bicyclic) bond motifs is 1. The minimum atomic E-state index is -0.338. The van der Waals surface area contributed by atoms with Crippen LogP contribution in [-0.4, -0.2) is 33.6 Å². The molecule has 0 unspecified atom stereocenters. The molecule has 8 heteroatoms. The number of H-pyrrole nitrogens is 1. The maximum Gasteiger partial charge on any atom is 0.272 e. The second-order valence-electron chi connectivity index (χ2n) is 6.02. The lowest BCUT2D eigenvalue weighted by Crippen LogP contribution is -2.19. The quantitative estimate of drug-likeness (QED) is 0.668. The van der Waals surface area contributed by atoms with Crippen molar-refractivity contribution in [1.82, 2.24) is 19.9 Å². The van der Waals surface area contributed by atoms with E-state index in [0.29, 0.717) is 21.9 Å². The van der Waals surface area contributed by atoms with Crippen LogP contribution >= 0.6 is 11.6 Å². The first-order chi connectivity index (χ1) is 12.1. The molecule has 3 aromatic rings. The van der Waals surface area contributed by atoms with Gasteiger partial charge >= 0.3 is 0 Å². The molecule has 1 aliphatic heterocycles. The molecule has 1 atom stereocenters. The zero-order valence-corrected chi connectivity index (χ0v) is 14.0. The number of benzene rings is 1. The number of amides is 1. The Morgan fingerprint density at radius 1 is 1.32 bits per heavy atom. The van der Waals surface area contributed by atoms with Crippen molar-refractivity contribution in [3.05, 3.63) is 63.2 Å². The number of nitrogens with one attached hydrogen (secondary N) is 3. The molecule has 3 heterocycles. The van der Waals surface area contributed by atoms with Crippen molar-refractivity contribution in [1.29, 1.82) is 0 Å². The Hall–Kier alpha value is -2.64. The van der Waals surface area contributed by atoms with Crippen LogP contribution in [0, 0.1) is 0 Å². The van der Waals surface area contributed by atoms with Gasteiger partial charge in [0.25, 0.3) is 11.5 Å². The predicted molar refractivity (Wildman–Crippen MR) is 95.4 cm³/mol. The summed E-state index contributed by atoms with van der Waals surface area (Å²) in [6.45, 7) is 1.70. The molecule has 7 nitrogen and oxygen atoms in total. The molecule has 1 fully saturated rings. The number of halogens is 1. The molecule has 0 bridgehead atoms. The molecule has 0 saturated carbocycles. The summed E-state index contributed by atoms with van der Waals surface area (Å²) in [4.78, 5) is 29.5. The Balaban J connectivity index is 1.70. The zero-order chi connectivity index (χ0) is 17.4. The molecule has 3 N–H and O–H groups in total. The van der Waals surface area contributed by atoms with E-state index in [0.717, 1.165) is 25.2 Å². The smallest absolute Gasteiger partial charge is 0.272 e. The summed E-state index contributed by atoms with van der Waals surface area (Å²) in [7, 11) is 0. The number of nitrogens with zero attached hydrogens (tertiary/aromatic N) is 2. The van der Waals surface area contributed by atoms with Crippen LogP contribution in [0.15, 0.2) is 41.3 Å². The van der Waals surface area contributed by atoms with E-state index in [1.54, 1.807) is 24.3 Å². The molecular formula is C17H16ClN5O2. The van der Waals surface area contributed by atoms with Crippen molar-refractivity contribution in [2.75, 3.05) is 18.4 Å². The lowest BCUT2D eigenvalue weighted by Gasteiger charge is -2.08. The normalized spacial score (nSPS) is 17.1. The summed E-state index contributed by atoms with van der Waals surface area (Å²) in [6.07, 6.45) is 2.42. The number of carbonyl (C=O) groups is 1. The minimum Gasteiger partial charge on any atom is -0.322 e. The van der Waals surface area contributed by atoms with E-state index in [9.17, 15) is 9.59 Å². The molecule has 1 amide bonds. The van der Waals surface area contributed by atoms with Crippen molar-refractivity contribution in [2.45, 2.75) is 12.3 Å². The average molecular weight is 358 g/mol. The minimum absolute atomic E-state index is 0.194. The van der Waals surface area contributed by atoms with Crippen molar-refractivity contribution in [3.63, 3.8) is 0 Å². The van der Waals surface area contributed by atoms with Gasteiger partial charge in [0.1, 0.15) is 5.56 Å². The molecule has 0 spiro atoms. The fourth-order valence-corrected chi connectivity index (χ4v) is 3.14. The number of anilines is 1. The maximum absolute atomic E-state index is 12.6. The van der Waals surface area contributed by atoms with E-state index >= 15 is 0 Å². The van der Waals surface area contributed by atoms with Crippen molar-refractivity contribution in [3.8, 4) is 0 Å². The summed E-state index contributed by atoms with van der Waals surface area (Å²) in [5.74, 6) is -0.144. The first-order valence-corrected chi connectivity index (χ1v) is 8.38. The Morgan fingerprint density at radius 3 is 2.84 bits per heavy atom. The molecule has 0 aliphatic carbocycles. The fraction of sp³-hybridized carbons (Fsp3) is 0.235. The summed E-state index contributed by atoms with van der Waals surface area (Å²) in [6, 6.07) is 8.34. The first-order valence-electron chi connectivity index (χ1n) is 8.00. The molecule has 1 saturated heterocycles. The maximum atomic E-state index is 12.6. The highest BCUT2D eigenvalue weighted by atomic mass is 35.5. The van der Waals surface area contributed by atoms with Crippen LogP contribution in [0.1, 0.15) is 28.4 Å². The fourth-order valence-electron chi connectivity index (χ4n) is 3.01. The third-order valence-electron chi connectivity index (χ3n) is 4.34. The third-order valence-corrected chi connectivity index (χ3v) is 4.59. The van der Waals surface area contributed by atoms with Gasteiger partial charge in [0.05, 0.1) is 5.69 Å². The van der Waals surface area contributed by atoms with Crippen LogP contribution in [0.4, 0.5) is 5.69 Å². The van der Waals surface area contributed by atoms with E-state index in [4.69, 9.17) is 11.6 Å². The van der Waals surface area contributed by atoms with E-state index in [1.165, 1.54) is 16.8 Å². The highest BCUT2D eigenvalue weighted by Gasteiger charge is 2.22.